The number of carbonyl (C=O) groups is 6. The molecule has 0 unspecified atom stereocenters. The van der Waals surface area contributed by atoms with Crippen molar-refractivity contribution < 1.29 is 28.8 Å². The zero-order chi connectivity index (χ0) is 15.6. The van der Waals surface area contributed by atoms with Gasteiger partial charge >= 0.3 is 8.56 Å². The van der Waals surface area contributed by atoms with E-state index in [4.69, 9.17) is 0 Å². The van der Waals surface area contributed by atoms with Crippen molar-refractivity contribution in [3.05, 3.63) is 6.92 Å². The summed E-state index contributed by atoms with van der Waals surface area (Å²) in [5.74, 6) is 0. The lowest BCUT2D eigenvalue weighted by molar-refractivity contribution is -0.130. The molecule has 0 spiro atoms. The maximum Gasteiger partial charge on any atom is 0.405 e. The van der Waals surface area contributed by atoms with Crippen molar-refractivity contribution in [1.29, 1.82) is 0 Å². The summed E-state index contributed by atoms with van der Waals surface area (Å²) in [5.41, 5.74) is 0. The number of imide groups is 3. The Morgan fingerprint density at radius 3 is 1.20 bits per heavy atom. The largest absolute Gasteiger partial charge is 0.405 e. The van der Waals surface area contributed by atoms with E-state index in [0.717, 1.165) is 0 Å². The van der Waals surface area contributed by atoms with Crippen LogP contribution in [0, 0.1) is 6.92 Å². The second-order valence-corrected chi connectivity index (χ2v) is 7.18. The quantitative estimate of drug-likeness (QED) is 0.316. The Kier molecular flexibility index (Phi) is 7.66. The summed E-state index contributed by atoms with van der Waals surface area (Å²) < 4.78 is 1.48. The van der Waals surface area contributed by atoms with Gasteiger partial charge in [-0.05, 0) is 0 Å². The van der Waals surface area contributed by atoms with Crippen LogP contribution in [-0.2, 0) is 28.8 Å². The average Bonchev–Trinajstić information content (AvgIpc) is 2.48. The molecular formula is C10H14N3O6Si. The first-order chi connectivity index (χ1) is 9.62. The van der Waals surface area contributed by atoms with E-state index in [0.29, 0.717) is 26.5 Å². The number of nitrogens with zero attached hydrogens (tertiary/aromatic N) is 3. The molecule has 0 aliphatic carbocycles. The van der Waals surface area contributed by atoms with Gasteiger partial charge in [-0.1, -0.05) is 19.8 Å². The maximum atomic E-state index is 11.0. The molecule has 6 amide bonds. The summed E-state index contributed by atoms with van der Waals surface area (Å²) in [6.45, 7) is 3.56. The van der Waals surface area contributed by atoms with Crippen LogP contribution in [0.5, 0.6) is 0 Å². The molecule has 0 aromatic rings. The topological polar surface area (TPSA) is 112 Å². The first-order valence-electron chi connectivity index (χ1n) is 5.49. The van der Waals surface area contributed by atoms with Gasteiger partial charge in [0, 0.05) is 6.04 Å². The molecule has 0 bridgehead atoms. The lowest BCUT2D eigenvalue weighted by Gasteiger charge is -2.42. The number of amides is 6. The molecule has 0 saturated heterocycles. The van der Waals surface area contributed by atoms with Crippen molar-refractivity contribution in [3.63, 3.8) is 0 Å². The normalized spacial score (nSPS) is 10.1. The highest BCUT2D eigenvalue weighted by Gasteiger charge is 2.52. The van der Waals surface area contributed by atoms with E-state index >= 15 is 0 Å². The van der Waals surface area contributed by atoms with Gasteiger partial charge in [-0.25, -0.2) is 0 Å². The molecule has 0 atom stereocenters. The highest BCUT2D eigenvalue weighted by Crippen LogP contribution is 2.22. The second kappa shape index (κ2) is 8.69. The van der Waals surface area contributed by atoms with Gasteiger partial charge in [-0.15, -0.1) is 0 Å². The van der Waals surface area contributed by atoms with Crippen molar-refractivity contribution in [3.8, 4) is 0 Å². The SMILES string of the molecule is [CH2]CCC[Si](N(C=O)C=O)(N(C=O)C=O)N(C=O)C=O. The summed E-state index contributed by atoms with van der Waals surface area (Å²) in [4.78, 5) is 66.1. The number of hydrogen-bond acceptors (Lipinski definition) is 6. The number of carbonyl (C=O) groups excluding carboxylic acids is 6. The van der Waals surface area contributed by atoms with Crippen molar-refractivity contribution in [1.82, 2.24) is 13.7 Å². The molecular weight excluding hydrogens is 286 g/mol. The van der Waals surface area contributed by atoms with E-state index in [-0.39, 0.29) is 44.5 Å². The molecule has 0 aromatic carbocycles. The van der Waals surface area contributed by atoms with Crippen molar-refractivity contribution >= 4 is 47.0 Å². The molecule has 0 N–H and O–H groups in total. The molecule has 10 heteroatoms. The smallest absolute Gasteiger partial charge is 0.279 e. The average molecular weight is 300 g/mol. The van der Waals surface area contributed by atoms with Gasteiger partial charge in [0.1, 0.15) is 0 Å². The van der Waals surface area contributed by atoms with Gasteiger partial charge in [0.25, 0.3) is 0 Å². The van der Waals surface area contributed by atoms with Crippen LogP contribution in [0.3, 0.4) is 0 Å². The van der Waals surface area contributed by atoms with Crippen LogP contribution in [0.15, 0.2) is 0 Å². The van der Waals surface area contributed by atoms with Crippen LogP contribution in [-0.4, -0.2) is 60.7 Å². The van der Waals surface area contributed by atoms with Crippen molar-refractivity contribution in [2.24, 2.45) is 0 Å². The molecule has 20 heavy (non-hydrogen) atoms. The zero-order valence-corrected chi connectivity index (χ0v) is 11.6. The van der Waals surface area contributed by atoms with Crippen LogP contribution in [0.2, 0.25) is 6.04 Å². The second-order valence-electron chi connectivity index (χ2n) is 3.59. The molecule has 0 aliphatic heterocycles. The van der Waals surface area contributed by atoms with E-state index in [1.54, 1.807) is 0 Å². The maximum absolute atomic E-state index is 11.0. The van der Waals surface area contributed by atoms with Gasteiger partial charge in [-0.3, -0.25) is 42.5 Å². The minimum atomic E-state index is -3.95. The van der Waals surface area contributed by atoms with Crippen LogP contribution in [0.1, 0.15) is 12.8 Å². The summed E-state index contributed by atoms with van der Waals surface area (Å²) in [6, 6.07) is -0.0665. The Morgan fingerprint density at radius 1 is 0.700 bits per heavy atom. The predicted molar refractivity (Wildman–Crippen MR) is 67.1 cm³/mol. The fraction of sp³-hybridized carbons (Fsp3) is 0.300. The lowest BCUT2D eigenvalue weighted by atomic mass is 10.4. The number of hydrogen-bond donors (Lipinski definition) is 0. The predicted octanol–water partition coefficient (Wildman–Crippen LogP) is -1.62. The zero-order valence-electron chi connectivity index (χ0n) is 10.6. The van der Waals surface area contributed by atoms with Crippen LogP contribution >= 0.6 is 0 Å². The summed E-state index contributed by atoms with van der Waals surface area (Å²) in [7, 11) is -3.95. The van der Waals surface area contributed by atoms with Crippen LogP contribution in [0.25, 0.3) is 0 Å². The Bertz CT molecular complexity index is 317. The molecule has 0 aliphatic rings. The van der Waals surface area contributed by atoms with Gasteiger partial charge in [-0.2, -0.15) is 0 Å². The third-order valence-electron chi connectivity index (χ3n) is 2.68. The van der Waals surface area contributed by atoms with E-state index in [9.17, 15) is 28.8 Å². The Morgan fingerprint density at radius 2 is 1.00 bits per heavy atom. The highest BCUT2D eigenvalue weighted by atomic mass is 28.4. The molecule has 0 aromatic heterocycles. The van der Waals surface area contributed by atoms with Gasteiger partial charge in [0.2, 0.25) is 38.5 Å². The van der Waals surface area contributed by atoms with E-state index in [2.05, 4.69) is 6.92 Å². The molecule has 0 rings (SSSR count). The van der Waals surface area contributed by atoms with Gasteiger partial charge < -0.3 is 0 Å². The summed E-state index contributed by atoms with van der Waals surface area (Å²) in [5, 5.41) is 0. The first kappa shape index (κ1) is 17.6. The monoisotopic (exact) mass is 300 g/mol. The molecule has 0 saturated carbocycles. The Labute approximate surface area is 116 Å². The van der Waals surface area contributed by atoms with Crippen molar-refractivity contribution in [2.45, 2.75) is 18.9 Å². The molecule has 0 heterocycles. The first-order valence-corrected chi connectivity index (χ1v) is 7.54. The molecule has 0 fully saturated rings. The number of unbranched alkanes of at least 4 members (excludes halogenated alkanes) is 1. The highest BCUT2D eigenvalue weighted by molar-refractivity contribution is 6.81. The van der Waals surface area contributed by atoms with Crippen molar-refractivity contribution in [2.75, 3.05) is 0 Å². The third-order valence-corrected chi connectivity index (χ3v) is 6.82. The fourth-order valence-corrected chi connectivity index (χ4v) is 5.04. The molecule has 109 valence electrons. The number of rotatable bonds is 12. The van der Waals surface area contributed by atoms with E-state index < -0.39 is 8.56 Å². The summed E-state index contributed by atoms with van der Waals surface area (Å²) >= 11 is 0. The molecule has 9 nitrogen and oxygen atoms in total. The lowest BCUT2D eigenvalue weighted by Crippen LogP contribution is -2.73. The Balaban J connectivity index is 6.09. The molecule has 1 radical (unpaired) electrons. The van der Waals surface area contributed by atoms with Gasteiger partial charge in [0.05, 0.1) is 0 Å². The van der Waals surface area contributed by atoms with E-state index in [1.807, 2.05) is 0 Å². The van der Waals surface area contributed by atoms with E-state index in [1.165, 1.54) is 0 Å². The minimum Gasteiger partial charge on any atom is -0.279 e. The summed E-state index contributed by atoms with van der Waals surface area (Å²) in [6.07, 6.45) is 1.08. The standard InChI is InChI=1S/C10H14N3O6Si/c1-2-3-4-20(11(5-14)6-15,12(7-16)8-17)13(9-18)10-19/h5-10H,1-4H2. The van der Waals surface area contributed by atoms with Crippen LogP contribution in [0.4, 0.5) is 0 Å². The fourth-order valence-electron chi connectivity index (χ4n) is 1.73. The third kappa shape index (κ3) is 3.15. The van der Waals surface area contributed by atoms with Gasteiger partial charge in [0.15, 0.2) is 0 Å². The van der Waals surface area contributed by atoms with Crippen LogP contribution < -0.4 is 0 Å². The minimum absolute atomic E-state index is 0.0665. The Hall–Kier alpha value is -2.36.